The number of carboxylic acids is 1. The van der Waals surface area contributed by atoms with Crippen molar-refractivity contribution in [3.05, 3.63) is 0 Å². The molecule has 15 heavy (non-hydrogen) atoms. The lowest BCUT2D eigenvalue weighted by Gasteiger charge is -2.20. The molecule has 86 valence electrons. The van der Waals surface area contributed by atoms with Crippen LogP contribution in [0.3, 0.4) is 0 Å². The first kappa shape index (κ1) is 11.8. The van der Waals surface area contributed by atoms with Crippen LogP contribution in [0.2, 0.25) is 0 Å². The molecule has 1 N–H and O–H groups in total. The monoisotopic (exact) mass is 225 g/mol. The van der Waals surface area contributed by atoms with E-state index in [2.05, 4.69) is 0 Å². The van der Waals surface area contributed by atoms with E-state index < -0.39 is 31.0 Å². The van der Waals surface area contributed by atoms with E-state index in [-0.39, 0.29) is 6.04 Å². The first-order chi connectivity index (χ1) is 6.79. The second-order valence-electron chi connectivity index (χ2n) is 3.44. The Morgan fingerprint density at radius 2 is 1.87 bits per heavy atom. The van der Waals surface area contributed by atoms with Gasteiger partial charge < -0.3 is 10.0 Å². The summed E-state index contributed by atoms with van der Waals surface area (Å²) < 4.78 is 35.7. The van der Waals surface area contributed by atoms with Crippen LogP contribution in [0.4, 0.5) is 13.2 Å². The molecule has 7 heteroatoms. The zero-order chi connectivity index (χ0) is 11.6. The Hall–Kier alpha value is -1.27. The van der Waals surface area contributed by atoms with Gasteiger partial charge in [0.05, 0.1) is 0 Å². The van der Waals surface area contributed by atoms with Crippen LogP contribution < -0.4 is 0 Å². The minimum atomic E-state index is -4.58. The number of carboxylic acid groups (broad SMARTS) is 1. The predicted molar refractivity (Wildman–Crippen MR) is 43.0 cm³/mol. The molecule has 0 aromatic heterocycles. The lowest BCUT2D eigenvalue weighted by Crippen LogP contribution is -2.39. The van der Waals surface area contributed by atoms with Gasteiger partial charge in [-0.2, -0.15) is 13.2 Å². The van der Waals surface area contributed by atoms with Crippen molar-refractivity contribution in [1.29, 1.82) is 0 Å². The average Bonchev–Trinajstić information content (AvgIpc) is 2.78. The number of rotatable bonds is 4. The van der Waals surface area contributed by atoms with Crippen LogP contribution in [-0.2, 0) is 9.59 Å². The molecule has 1 saturated carbocycles. The first-order valence-corrected chi connectivity index (χ1v) is 4.37. The molecule has 0 aliphatic heterocycles. The highest BCUT2D eigenvalue weighted by Crippen LogP contribution is 2.29. The number of aliphatic carboxylic acids is 1. The summed E-state index contributed by atoms with van der Waals surface area (Å²) in [5, 5.41) is 8.43. The third kappa shape index (κ3) is 4.18. The van der Waals surface area contributed by atoms with E-state index >= 15 is 0 Å². The van der Waals surface area contributed by atoms with E-state index in [9.17, 15) is 22.8 Å². The van der Waals surface area contributed by atoms with Crippen molar-refractivity contribution in [1.82, 2.24) is 4.90 Å². The van der Waals surface area contributed by atoms with E-state index in [4.69, 9.17) is 5.11 Å². The third-order valence-corrected chi connectivity index (χ3v) is 1.97. The summed E-state index contributed by atoms with van der Waals surface area (Å²) in [7, 11) is 0. The highest BCUT2D eigenvalue weighted by atomic mass is 19.4. The normalized spacial score (nSPS) is 16.2. The molecule has 0 saturated heterocycles. The largest absolute Gasteiger partial charge is 0.480 e. The molecular formula is C8H10F3NO3. The molecular weight excluding hydrogens is 215 g/mol. The standard InChI is InChI=1S/C8H10F3NO3/c9-8(10,11)3-6(13)12(4-7(14)15)5-1-2-5/h5H,1-4H2,(H,14,15). The molecule has 0 atom stereocenters. The fraction of sp³-hybridized carbons (Fsp3) is 0.750. The lowest BCUT2D eigenvalue weighted by atomic mass is 10.3. The molecule has 1 fully saturated rings. The maximum Gasteiger partial charge on any atom is 0.397 e. The highest BCUT2D eigenvalue weighted by Gasteiger charge is 2.39. The summed E-state index contributed by atoms with van der Waals surface area (Å²) in [4.78, 5) is 22.2. The summed E-state index contributed by atoms with van der Waals surface area (Å²) in [5.41, 5.74) is 0. The number of alkyl halides is 3. The van der Waals surface area contributed by atoms with Gasteiger partial charge in [0.2, 0.25) is 5.91 Å². The maximum atomic E-state index is 11.9. The fourth-order valence-electron chi connectivity index (χ4n) is 1.23. The smallest absolute Gasteiger partial charge is 0.397 e. The van der Waals surface area contributed by atoms with Crippen molar-refractivity contribution in [3.8, 4) is 0 Å². The van der Waals surface area contributed by atoms with E-state index in [0.29, 0.717) is 12.8 Å². The fourth-order valence-corrected chi connectivity index (χ4v) is 1.23. The number of hydrogen-bond acceptors (Lipinski definition) is 2. The van der Waals surface area contributed by atoms with Crippen LogP contribution in [0.1, 0.15) is 19.3 Å². The van der Waals surface area contributed by atoms with Crippen LogP contribution >= 0.6 is 0 Å². The van der Waals surface area contributed by atoms with Crippen molar-refractivity contribution in [2.24, 2.45) is 0 Å². The molecule has 0 aromatic carbocycles. The summed E-state index contributed by atoms with van der Waals surface area (Å²) in [5.74, 6) is -2.45. The van der Waals surface area contributed by atoms with Gasteiger partial charge in [-0.15, -0.1) is 0 Å². The molecule has 1 amide bonds. The van der Waals surface area contributed by atoms with Crippen LogP contribution in [0.25, 0.3) is 0 Å². The number of hydrogen-bond donors (Lipinski definition) is 1. The van der Waals surface area contributed by atoms with Gasteiger partial charge in [0, 0.05) is 6.04 Å². The van der Waals surface area contributed by atoms with Crippen LogP contribution in [0, 0.1) is 0 Å². The molecule has 0 radical (unpaired) electrons. The van der Waals surface area contributed by atoms with Gasteiger partial charge >= 0.3 is 12.1 Å². The van der Waals surface area contributed by atoms with Gasteiger partial charge in [-0.1, -0.05) is 0 Å². The minimum absolute atomic E-state index is 0.323. The predicted octanol–water partition coefficient (Wildman–Crippen LogP) is 1.01. The van der Waals surface area contributed by atoms with Gasteiger partial charge in [0.1, 0.15) is 13.0 Å². The number of carbonyl (C=O) groups excluding carboxylic acids is 1. The molecule has 1 aliphatic carbocycles. The van der Waals surface area contributed by atoms with Crippen LogP contribution in [0.5, 0.6) is 0 Å². The number of halogens is 3. The molecule has 0 bridgehead atoms. The molecule has 0 aromatic rings. The first-order valence-electron chi connectivity index (χ1n) is 4.37. The zero-order valence-corrected chi connectivity index (χ0v) is 7.75. The van der Waals surface area contributed by atoms with E-state index in [0.717, 1.165) is 4.90 Å². The Kier molecular flexibility index (Phi) is 3.21. The van der Waals surface area contributed by atoms with Crippen LogP contribution in [-0.4, -0.2) is 40.6 Å². The average molecular weight is 225 g/mol. The van der Waals surface area contributed by atoms with E-state index in [1.165, 1.54) is 0 Å². The second kappa shape index (κ2) is 4.08. The van der Waals surface area contributed by atoms with E-state index in [1.807, 2.05) is 0 Å². The summed E-state index contributed by atoms with van der Waals surface area (Å²) >= 11 is 0. The highest BCUT2D eigenvalue weighted by molar-refractivity contribution is 5.82. The molecule has 0 heterocycles. The van der Waals surface area contributed by atoms with Crippen molar-refractivity contribution >= 4 is 11.9 Å². The number of amides is 1. The topological polar surface area (TPSA) is 57.6 Å². The van der Waals surface area contributed by atoms with Gasteiger partial charge in [-0.05, 0) is 12.8 Å². The molecule has 1 aliphatic rings. The summed E-state index contributed by atoms with van der Waals surface area (Å²) in [6.07, 6.45) is -5.01. The third-order valence-electron chi connectivity index (χ3n) is 1.97. The quantitative estimate of drug-likeness (QED) is 0.776. The van der Waals surface area contributed by atoms with Gasteiger partial charge in [-0.25, -0.2) is 0 Å². The van der Waals surface area contributed by atoms with Gasteiger partial charge in [0.15, 0.2) is 0 Å². The Morgan fingerprint density at radius 1 is 1.33 bits per heavy atom. The Balaban J connectivity index is 2.55. The summed E-state index contributed by atoms with van der Waals surface area (Å²) in [6.45, 7) is -0.653. The second-order valence-corrected chi connectivity index (χ2v) is 3.44. The Morgan fingerprint density at radius 3 is 2.20 bits per heavy atom. The minimum Gasteiger partial charge on any atom is -0.480 e. The Labute approximate surface area is 83.7 Å². The summed E-state index contributed by atoms with van der Waals surface area (Å²) in [6, 6.07) is -0.323. The lowest BCUT2D eigenvalue weighted by molar-refractivity contribution is -0.164. The Bertz CT molecular complexity index is 273. The number of nitrogens with zero attached hydrogens (tertiary/aromatic N) is 1. The number of carbonyl (C=O) groups is 2. The van der Waals surface area contributed by atoms with Crippen molar-refractivity contribution in [3.63, 3.8) is 0 Å². The molecule has 1 rings (SSSR count). The van der Waals surface area contributed by atoms with Crippen LogP contribution in [0.15, 0.2) is 0 Å². The van der Waals surface area contributed by atoms with Gasteiger partial charge in [-0.3, -0.25) is 9.59 Å². The zero-order valence-electron chi connectivity index (χ0n) is 7.75. The van der Waals surface area contributed by atoms with Crippen molar-refractivity contribution < 1.29 is 27.9 Å². The molecule has 4 nitrogen and oxygen atoms in total. The SMILES string of the molecule is O=C(O)CN(C(=O)CC(F)(F)F)C1CC1. The van der Waals surface area contributed by atoms with Crippen molar-refractivity contribution in [2.75, 3.05) is 6.54 Å². The van der Waals surface area contributed by atoms with E-state index in [1.54, 1.807) is 0 Å². The van der Waals surface area contributed by atoms with Gasteiger partial charge in [0.25, 0.3) is 0 Å². The van der Waals surface area contributed by atoms with Crippen molar-refractivity contribution in [2.45, 2.75) is 31.5 Å². The molecule has 0 unspecified atom stereocenters. The maximum absolute atomic E-state index is 11.9. The molecule has 0 spiro atoms.